The highest BCUT2D eigenvalue weighted by Gasteiger charge is 2.06. The lowest BCUT2D eigenvalue weighted by molar-refractivity contribution is 0.0733. The quantitative estimate of drug-likeness (QED) is 0.315. The molecule has 0 atom stereocenters. The van der Waals surface area contributed by atoms with Gasteiger partial charge < -0.3 is 29.6 Å². The van der Waals surface area contributed by atoms with Crippen LogP contribution in [0.3, 0.4) is 0 Å². The number of benzene rings is 1. The molecule has 0 spiro atoms. The summed E-state index contributed by atoms with van der Waals surface area (Å²) in [6.07, 6.45) is 0.859. The number of hydrogen-bond donors (Lipinski definition) is 2. The van der Waals surface area contributed by atoms with Gasteiger partial charge >= 0.3 is 0 Å². The van der Waals surface area contributed by atoms with E-state index in [1.54, 1.807) is 14.2 Å². The molecule has 2 N–H and O–H groups in total. The monoisotopic (exact) mass is 367 g/mol. The Morgan fingerprint density at radius 2 is 1.69 bits per heavy atom. The predicted octanol–water partition coefficient (Wildman–Crippen LogP) is 1.85. The summed E-state index contributed by atoms with van der Waals surface area (Å²) in [5.41, 5.74) is 1.18. The molecule has 0 unspecified atom stereocenters. The van der Waals surface area contributed by atoms with E-state index in [-0.39, 0.29) is 0 Å². The van der Waals surface area contributed by atoms with E-state index in [4.69, 9.17) is 18.9 Å². The summed E-state index contributed by atoms with van der Waals surface area (Å²) >= 11 is 0. The fraction of sp³-hybridized carbons (Fsp3) is 0.632. The van der Waals surface area contributed by atoms with Gasteiger partial charge in [0.2, 0.25) is 0 Å². The molecule has 26 heavy (non-hydrogen) atoms. The highest BCUT2D eigenvalue weighted by atomic mass is 16.5. The maximum Gasteiger partial charge on any atom is 0.191 e. The Labute approximate surface area is 157 Å². The standard InChI is InChI=1S/C19H33N3O4/c1-5-25-17-8-7-16(15-18(17)26-6-2)9-10-21-19(20-3)22-11-12-24-14-13-23-4/h7-8,15H,5-6,9-14H2,1-4H3,(H2,20,21,22). The molecule has 0 aromatic heterocycles. The van der Waals surface area contributed by atoms with Crippen molar-refractivity contribution in [1.82, 2.24) is 10.6 Å². The van der Waals surface area contributed by atoms with Gasteiger partial charge in [-0.15, -0.1) is 0 Å². The first kappa shape index (κ1) is 22.1. The van der Waals surface area contributed by atoms with Gasteiger partial charge in [-0.05, 0) is 38.0 Å². The van der Waals surface area contributed by atoms with Gasteiger partial charge in [-0.1, -0.05) is 6.07 Å². The molecular weight excluding hydrogens is 334 g/mol. The summed E-state index contributed by atoms with van der Waals surface area (Å²) in [7, 11) is 3.42. The van der Waals surface area contributed by atoms with Crippen LogP contribution in [0, 0.1) is 0 Å². The van der Waals surface area contributed by atoms with Crippen molar-refractivity contribution < 1.29 is 18.9 Å². The summed E-state index contributed by atoms with van der Waals surface area (Å²) in [5.74, 6) is 2.34. The van der Waals surface area contributed by atoms with Gasteiger partial charge in [-0.3, -0.25) is 4.99 Å². The van der Waals surface area contributed by atoms with Crippen LogP contribution in [0.15, 0.2) is 23.2 Å². The third-order valence-corrected chi connectivity index (χ3v) is 3.51. The SMILES string of the molecule is CCOc1ccc(CCNC(=NC)NCCOCCOC)cc1OCC. The van der Waals surface area contributed by atoms with Gasteiger partial charge in [0, 0.05) is 27.2 Å². The highest BCUT2D eigenvalue weighted by Crippen LogP contribution is 2.28. The van der Waals surface area contributed by atoms with Crippen LogP contribution in [-0.2, 0) is 15.9 Å². The van der Waals surface area contributed by atoms with Crippen LogP contribution in [0.5, 0.6) is 11.5 Å². The minimum absolute atomic E-state index is 0.601. The molecule has 0 aliphatic carbocycles. The molecule has 0 aliphatic rings. The first-order valence-electron chi connectivity index (χ1n) is 9.14. The predicted molar refractivity (Wildman–Crippen MR) is 105 cm³/mol. The summed E-state index contributed by atoms with van der Waals surface area (Å²) in [4.78, 5) is 4.21. The number of methoxy groups -OCH3 is 1. The second-order valence-electron chi connectivity index (χ2n) is 5.43. The smallest absolute Gasteiger partial charge is 0.191 e. The van der Waals surface area contributed by atoms with Crippen LogP contribution in [0.1, 0.15) is 19.4 Å². The third kappa shape index (κ3) is 8.92. The molecule has 0 radical (unpaired) electrons. The van der Waals surface area contributed by atoms with Crippen LogP contribution < -0.4 is 20.1 Å². The number of nitrogens with zero attached hydrogens (tertiary/aromatic N) is 1. The van der Waals surface area contributed by atoms with Gasteiger partial charge in [-0.25, -0.2) is 0 Å². The zero-order chi connectivity index (χ0) is 19.0. The van der Waals surface area contributed by atoms with Gasteiger partial charge in [0.25, 0.3) is 0 Å². The van der Waals surface area contributed by atoms with Crippen LogP contribution >= 0.6 is 0 Å². The first-order chi connectivity index (χ1) is 12.7. The van der Waals surface area contributed by atoms with Crippen molar-refractivity contribution in [1.29, 1.82) is 0 Å². The van der Waals surface area contributed by atoms with Gasteiger partial charge in [0.15, 0.2) is 17.5 Å². The number of nitrogens with one attached hydrogen (secondary N) is 2. The normalized spacial score (nSPS) is 11.3. The summed E-state index contributed by atoms with van der Waals surface area (Å²) in [6.45, 7) is 8.46. The molecule has 0 saturated carbocycles. The minimum Gasteiger partial charge on any atom is -0.490 e. The first-order valence-corrected chi connectivity index (χ1v) is 9.14. The lowest BCUT2D eigenvalue weighted by atomic mass is 10.1. The maximum absolute atomic E-state index is 5.67. The fourth-order valence-electron chi connectivity index (χ4n) is 2.28. The highest BCUT2D eigenvalue weighted by molar-refractivity contribution is 5.79. The van der Waals surface area contributed by atoms with Gasteiger partial charge in [0.1, 0.15) is 0 Å². The molecule has 0 bridgehead atoms. The molecule has 0 aliphatic heterocycles. The molecular formula is C19H33N3O4. The average molecular weight is 367 g/mol. The number of aliphatic imine (C=N–C) groups is 1. The Morgan fingerprint density at radius 3 is 2.38 bits per heavy atom. The summed E-state index contributed by atoms with van der Waals surface area (Å²) < 4.78 is 21.6. The second kappa shape index (κ2) is 14.2. The molecule has 1 rings (SSSR count). The lowest BCUT2D eigenvalue weighted by Gasteiger charge is -2.14. The zero-order valence-corrected chi connectivity index (χ0v) is 16.5. The van der Waals surface area contributed by atoms with Crippen molar-refractivity contribution in [2.75, 3.05) is 60.3 Å². The van der Waals surface area contributed by atoms with Gasteiger partial charge in [0.05, 0.1) is 33.0 Å². The van der Waals surface area contributed by atoms with E-state index in [1.165, 1.54) is 5.56 Å². The van der Waals surface area contributed by atoms with Crippen molar-refractivity contribution in [2.45, 2.75) is 20.3 Å². The molecule has 148 valence electrons. The molecule has 0 heterocycles. The van der Waals surface area contributed by atoms with E-state index in [0.717, 1.165) is 30.4 Å². The van der Waals surface area contributed by atoms with Crippen molar-refractivity contribution in [2.24, 2.45) is 4.99 Å². The third-order valence-electron chi connectivity index (χ3n) is 3.51. The molecule has 0 amide bonds. The van der Waals surface area contributed by atoms with E-state index in [2.05, 4.69) is 21.7 Å². The molecule has 7 nitrogen and oxygen atoms in total. The van der Waals surface area contributed by atoms with Crippen molar-refractivity contribution in [3.8, 4) is 11.5 Å². The van der Waals surface area contributed by atoms with E-state index < -0.39 is 0 Å². The molecule has 1 aromatic rings. The zero-order valence-electron chi connectivity index (χ0n) is 16.5. The number of ether oxygens (including phenoxy) is 4. The van der Waals surface area contributed by atoms with E-state index in [9.17, 15) is 0 Å². The fourth-order valence-corrected chi connectivity index (χ4v) is 2.28. The average Bonchev–Trinajstić information content (AvgIpc) is 2.65. The molecule has 0 saturated heterocycles. The Kier molecular flexibility index (Phi) is 12.1. The van der Waals surface area contributed by atoms with E-state index in [0.29, 0.717) is 39.6 Å². The second-order valence-corrected chi connectivity index (χ2v) is 5.43. The van der Waals surface area contributed by atoms with Crippen LogP contribution in [0.2, 0.25) is 0 Å². The minimum atomic E-state index is 0.601. The van der Waals surface area contributed by atoms with Crippen molar-refractivity contribution >= 4 is 5.96 Å². The number of hydrogen-bond acceptors (Lipinski definition) is 5. The van der Waals surface area contributed by atoms with Crippen molar-refractivity contribution in [3.63, 3.8) is 0 Å². The molecule has 7 heteroatoms. The van der Waals surface area contributed by atoms with Crippen LogP contribution in [0.4, 0.5) is 0 Å². The number of rotatable bonds is 13. The molecule has 1 aromatic carbocycles. The van der Waals surface area contributed by atoms with Crippen LogP contribution in [-0.4, -0.2) is 66.2 Å². The number of guanidine groups is 1. The summed E-state index contributed by atoms with van der Waals surface area (Å²) in [6, 6.07) is 6.07. The van der Waals surface area contributed by atoms with Crippen LogP contribution in [0.25, 0.3) is 0 Å². The van der Waals surface area contributed by atoms with E-state index >= 15 is 0 Å². The Bertz CT molecular complexity index is 524. The largest absolute Gasteiger partial charge is 0.490 e. The topological polar surface area (TPSA) is 73.3 Å². The summed E-state index contributed by atoms with van der Waals surface area (Å²) in [5, 5.41) is 6.52. The maximum atomic E-state index is 5.67. The Hall–Kier alpha value is -1.99. The van der Waals surface area contributed by atoms with Gasteiger partial charge in [-0.2, -0.15) is 0 Å². The Morgan fingerprint density at radius 1 is 0.962 bits per heavy atom. The van der Waals surface area contributed by atoms with E-state index in [1.807, 2.05) is 26.0 Å². The lowest BCUT2D eigenvalue weighted by Crippen LogP contribution is -2.39. The van der Waals surface area contributed by atoms with Crippen molar-refractivity contribution in [3.05, 3.63) is 23.8 Å². The molecule has 0 fully saturated rings. The Balaban J connectivity index is 2.37.